The summed E-state index contributed by atoms with van der Waals surface area (Å²) in [5, 5.41) is 15.9. The lowest BCUT2D eigenvalue weighted by Gasteiger charge is -2.18. The molecule has 3 heterocycles. The third kappa shape index (κ3) is 5.51. The first-order valence-corrected chi connectivity index (χ1v) is 12.1. The molecule has 9 nitrogen and oxygen atoms in total. The number of amides is 1. The van der Waals surface area contributed by atoms with E-state index in [2.05, 4.69) is 56.6 Å². The number of rotatable bonds is 9. The van der Waals surface area contributed by atoms with Crippen LogP contribution in [0.4, 0.5) is 0 Å². The van der Waals surface area contributed by atoms with Crippen LogP contribution in [-0.4, -0.2) is 41.5 Å². The molecule has 4 aromatic rings. The fraction of sp³-hybridized carbons (Fsp3) is 0.333. The van der Waals surface area contributed by atoms with Crippen molar-refractivity contribution in [2.75, 3.05) is 5.75 Å². The minimum Gasteiger partial charge on any atom is -0.343 e. The molecule has 34 heavy (non-hydrogen) atoms. The summed E-state index contributed by atoms with van der Waals surface area (Å²) in [7, 11) is 0. The summed E-state index contributed by atoms with van der Waals surface area (Å²) in [6.07, 6.45) is 4.99. The first-order valence-electron chi connectivity index (χ1n) is 11.1. The second kappa shape index (κ2) is 10.6. The number of hydrogen-bond acceptors (Lipinski definition) is 8. The van der Waals surface area contributed by atoms with Crippen LogP contribution in [0.25, 0.3) is 17.1 Å². The van der Waals surface area contributed by atoms with E-state index in [-0.39, 0.29) is 17.6 Å². The number of carbonyl (C=O) groups excluding carboxylic acids is 1. The van der Waals surface area contributed by atoms with E-state index in [1.165, 1.54) is 17.3 Å². The molecule has 176 valence electrons. The Morgan fingerprint density at radius 3 is 2.50 bits per heavy atom. The lowest BCUT2D eigenvalue weighted by Crippen LogP contribution is -2.33. The lowest BCUT2D eigenvalue weighted by atomic mass is 10.0. The van der Waals surface area contributed by atoms with Crippen molar-refractivity contribution < 1.29 is 9.32 Å². The standard InChI is InChI=1S/C24H27N7O2S/c1-15(2)17-5-7-19(8-6-17)31-14-26-29-24(31)34-13-20(32)27-21(16(3)4)23-28-22(30-33-23)18-9-11-25-12-10-18/h5-12,14-16,21H,13H2,1-4H3,(H,27,32). The highest BCUT2D eigenvalue weighted by molar-refractivity contribution is 7.99. The largest absolute Gasteiger partial charge is 0.343 e. The molecule has 0 saturated heterocycles. The summed E-state index contributed by atoms with van der Waals surface area (Å²) in [6, 6.07) is 11.5. The van der Waals surface area contributed by atoms with Crippen LogP contribution in [-0.2, 0) is 4.79 Å². The van der Waals surface area contributed by atoms with Gasteiger partial charge in [0.2, 0.25) is 17.6 Å². The Balaban J connectivity index is 1.41. The van der Waals surface area contributed by atoms with Crippen molar-refractivity contribution in [3.8, 4) is 17.1 Å². The molecule has 1 atom stereocenters. The summed E-state index contributed by atoms with van der Waals surface area (Å²) in [5.74, 6) is 1.37. The van der Waals surface area contributed by atoms with Crippen molar-refractivity contribution in [2.24, 2.45) is 5.92 Å². The minimum atomic E-state index is -0.405. The Hall–Kier alpha value is -3.53. The molecular formula is C24H27N7O2S. The van der Waals surface area contributed by atoms with E-state index >= 15 is 0 Å². The zero-order chi connectivity index (χ0) is 24.1. The Kier molecular flexibility index (Phi) is 7.36. The lowest BCUT2D eigenvalue weighted by molar-refractivity contribution is -0.119. The number of pyridine rings is 1. The van der Waals surface area contributed by atoms with Crippen LogP contribution < -0.4 is 5.32 Å². The predicted octanol–water partition coefficient (Wildman–Crippen LogP) is 4.44. The molecule has 0 aliphatic carbocycles. The maximum atomic E-state index is 12.8. The highest BCUT2D eigenvalue weighted by atomic mass is 32.2. The molecule has 0 saturated carbocycles. The zero-order valence-electron chi connectivity index (χ0n) is 19.5. The van der Waals surface area contributed by atoms with Crippen LogP contribution in [0.3, 0.4) is 0 Å². The van der Waals surface area contributed by atoms with Gasteiger partial charge in [-0.1, -0.05) is 56.7 Å². The fourth-order valence-electron chi connectivity index (χ4n) is 3.36. The molecule has 0 aliphatic rings. The van der Waals surface area contributed by atoms with Crippen molar-refractivity contribution in [3.05, 3.63) is 66.6 Å². The van der Waals surface area contributed by atoms with Crippen LogP contribution in [0.5, 0.6) is 0 Å². The second-order valence-electron chi connectivity index (χ2n) is 8.50. The number of hydrogen-bond donors (Lipinski definition) is 1. The molecule has 1 aromatic carbocycles. The molecule has 3 aromatic heterocycles. The van der Waals surface area contributed by atoms with Crippen LogP contribution in [0.2, 0.25) is 0 Å². The van der Waals surface area contributed by atoms with E-state index in [1.54, 1.807) is 30.9 Å². The number of benzene rings is 1. The van der Waals surface area contributed by atoms with Crippen LogP contribution >= 0.6 is 11.8 Å². The maximum Gasteiger partial charge on any atom is 0.249 e. The van der Waals surface area contributed by atoms with Gasteiger partial charge in [0.05, 0.1) is 5.75 Å². The highest BCUT2D eigenvalue weighted by Gasteiger charge is 2.25. The Morgan fingerprint density at radius 1 is 1.09 bits per heavy atom. The van der Waals surface area contributed by atoms with Gasteiger partial charge in [-0.2, -0.15) is 4.98 Å². The number of thioether (sulfide) groups is 1. The first kappa shape index (κ1) is 23.6. The number of carbonyl (C=O) groups is 1. The van der Waals surface area contributed by atoms with Gasteiger partial charge in [-0.15, -0.1) is 10.2 Å². The molecule has 4 rings (SSSR count). The van der Waals surface area contributed by atoms with E-state index in [0.29, 0.717) is 22.8 Å². The summed E-state index contributed by atoms with van der Waals surface area (Å²) < 4.78 is 7.34. The molecule has 1 unspecified atom stereocenters. The SMILES string of the molecule is CC(C)c1ccc(-n2cnnc2SCC(=O)NC(c2nc(-c3ccncc3)no2)C(C)C)cc1. The first-order chi connectivity index (χ1) is 16.4. The Labute approximate surface area is 202 Å². The van der Waals surface area contributed by atoms with Gasteiger partial charge in [0.1, 0.15) is 12.4 Å². The topological polar surface area (TPSA) is 112 Å². The van der Waals surface area contributed by atoms with Gasteiger partial charge >= 0.3 is 0 Å². The molecule has 0 fully saturated rings. The van der Waals surface area contributed by atoms with Crippen molar-refractivity contribution in [1.29, 1.82) is 0 Å². The van der Waals surface area contributed by atoms with Gasteiger partial charge in [-0.05, 0) is 41.7 Å². The summed E-state index contributed by atoms with van der Waals surface area (Å²) in [6.45, 7) is 8.30. The van der Waals surface area contributed by atoms with Gasteiger partial charge in [0, 0.05) is 23.6 Å². The van der Waals surface area contributed by atoms with Crippen LogP contribution in [0.15, 0.2) is 64.8 Å². The molecule has 0 radical (unpaired) electrons. The number of nitrogens with one attached hydrogen (secondary N) is 1. The number of nitrogens with zero attached hydrogens (tertiary/aromatic N) is 6. The average Bonchev–Trinajstić information content (AvgIpc) is 3.51. The van der Waals surface area contributed by atoms with Crippen LogP contribution in [0.1, 0.15) is 51.1 Å². The van der Waals surface area contributed by atoms with Crippen molar-refractivity contribution in [1.82, 2.24) is 35.2 Å². The molecule has 1 N–H and O–H groups in total. The minimum absolute atomic E-state index is 0.0582. The molecule has 10 heteroatoms. The molecule has 0 spiro atoms. The third-order valence-electron chi connectivity index (χ3n) is 5.32. The number of aromatic nitrogens is 6. The smallest absolute Gasteiger partial charge is 0.249 e. The highest BCUT2D eigenvalue weighted by Crippen LogP contribution is 2.25. The normalized spacial score (nSPS) is 12.3. The summed E-state index contributed by atoms with van der Waals surface area (Å²) in [5.41, 5.74) is 3.01. The predicted molar refractivity (Wildman–Crippen MR) is 129 cm³/mol. The van der Waals surface area contributed by atoms with Gasteiger partial charge in [-0.25, -0.2) is 0 Å². The molecular weight excluding hydrogens is 450 g/mol. The molecule has 1 amide bonds. The average molecular weight is 478 g/mol. The summed E-state index contributed by atoms with van der Waals surface area (Å²) in [4.78, 5) is 21.3. The maximum absolute atomic E-state index is 12.8. The van der Waals surface area contributed by atoms with E-state index in [4.69, 9.17) is 4.52 Å². The van der Waals surface area contributed by atoms with Gasteiger partial charge in [-0.3, -0.25) is 14.3 Å². The van der Waals surface area contributed by atoms with Crippen molar-refractivity contribution in [3.63, 3.8) is 0 Å². The quantitative estimate of drug-likeness (QED) is 0.352. The van der Waals surface area contributed by atoms with Gasteiger partial charge in [0.25, 0.3) is 0 Å². The van der Waals surface area contributed by atoms with E-state index in [1.807, 2.05) is 30.5 Å². The van der Waals surface area contributed by atoms with Crippen LogP contribution in [0, 0.1) is 5.92 Å². The molecule has 0 aliphatic heterocycles. The van der Waals surface area contributed by atoms with Gasteiger partial charge in [0.15, 0.2) is 5.16 Å². The third-order valence-corrected chi connectivity index (χ3v) is 6.26. The Morgan fingerprint density at radius 2 is 1.82 bits per heavy atom. The van der Waals surface area contributed by atoms with E-state index < -0.39 is 6.04 Å². The second-order valence-corrected chi connectivity index (χ2v) is 9.44. The van der Waals surface area contributed by atoms with E-state index in [9.17, 15) is 4.79 Å². The fourth-order valence-corrected chi connectivity index (χ4v) is 4.10. The molecule has 0 bridgehead atoms. The van der Waals surface area contributed by atoms with Gasteiger partial charge < -0.3 is 9.84 Å². The monoisotopic (exact) mass is 477 g/mol. The summed E-state index contributed by atoms with van der Waals surface area (Å²) >= 11 is 1.32. The Bertz CT molecular complexity index is 1220. The zero-order valence-corrected chi connectivity index (χ0v) is 20.4. The van der Waals surface area contributed by atoms with E-state index in [0.717, 1.165) is 11.3 Å². The van der Waals surface area contributed by atoms with Crippen molar-refractivity contribution in [2.45, 2.75) is 44.8 Å². The van der Waals surface area contributed by atoms with Crippen molar-refractivity contribution >= 4 is 17.7 Å².